The normalized spacial score (nSPS) is 11.8. The first-order valence-electron chi connectivity index (χ1n) is 8.17. The summed E-state index contributed by atoms with van der Waals surface area (Å²) in [5.41, 5.74) is 1.82. The monoisotopic (exact) mass is 352 g/mol. The number of nitrogens with zero attached hydrogens (tertiary/aromatic N) is 3. The van der Waals surface area contributed by atoms with Crippen molar-refractivity contribution >= 4 is 17.3 Å². The minimum atomic E-state index is -0.772. The van der Waals surface area contributed by atoms with E-state index in [0.717, 1.165) is 10.4 Å². The van der Waals surface area contributed by atoms with Crippen LogP contribution >= 0.6 is 0 Å². The molecule has 1 unspecified atom stereocenters. The van der Waals surface area contributed by atoms with Crippen LogP contribution in [0.3, 0.4) is 0 Å². The Balaban J connectivity index is 1.80. The zero-order chi connectivity index (χ0) is 18.7. The van der Waals surface area contributed by atoms with Crippen LogP contribution in [0.2, 0.25) is 0 Å². The molecule has 0 radical (unpaired) electrons. The highest BCUT2D eigenvalue weighted by atomic mass is 16.3. The van der Waals surface area contributed by atoms with Crippen molar-refractivity contribution in [3.8, 4) is 11.5 Å². The summed E-state index contributed by atoms with van der Waals surface area (Å²) >= 11 is 0. The molecule has 0 spiro atoms. The fraction of sp³-hybridized carbons (Fsp3) is 0.211. The first-order chi connectivity index (χ1) is 12.5. The lowest BCUT2D eigenvalue weighted by molar-refractivity contribution is -0.119. The van der Waals surface area contributed by atoms with Crippen molar-refractivity contribution in [3.63, 3.8) is 0 Å². The maximum absolute atomic E-state index is 12.5. The summed E-state index contributed by atoms with van der Waals surface area (Å²) < 4.78 is 6.45. The van der Waals surface area contributed by atoms with E-state index >= 15 is 0 Å². The number of hydrogen-bond acceptors (Lipinski definition) is 5. The van der Waals surface area contributed by atoms with Gasteiger partial charge in [0.25, 0.3) is 5.56 Å². The number of carbonyl (C=O) groups excluding carboxylic acids is 1. The van der Waals surface area contributed by atoms with Crippen LogP contribution in [0.1, 0.15) is 13.0 Å². The number of anilines is 2. The Labute approximate surface area is 150 Å². The average Bonchev–Trinajstić information content (AvgIpc) is 3.16. The van der Waals surface area contributed by atoms with Crippen LogP contribution in [0.4, 0.5) is 11.4 Å². The van der Waals surface area contributed by atoms with Crippen LogP contribution in [-0.4, -0.2) is 29.8 Å². The van der Waals surface area contributed by atoms with Gasteiger partial charge in [-0.3, -0.25) is 9.59 Å². The molecule has 0 aliphatic rings. The average molecular weight is 352 g/mol. The molecular weight excluding hydrogens is 332 g/mol. The molecule has 7 heteroatoms. The van der Waals surface area contributed by atoms with E-state index in [-0.39, 0.29) is 11.5 Å². The summed E-state index contributed by atoms with van der Waals surface area (Å²) in [7, 11) is 3.89. The maximum Gasteiger partial charge on any atom is 0.267 e. The standard InChI is InChI=1S/C19H20N4O3/c1-13(19(25)20-14-6-8-15(9-7-14)22(2)3)23-18(24)11-10-16(21-23)17-5-4-12-26-17/h4-13H,1-3H3,(H,20,25). The van der Waals surface area contributed by atoms with Crippen molar-refractivity contribution in [2.45, 2.75) is 13.0 Å². The van der Waals surface area contributed by atoms with Gasteiger partial charge in [-0.2, -0.15) is 5.10 Å². The van der Waals surface area contributed by atoms with Crippen molar-refractivity contribution in [1.82, 2.24) is 9.78 Å². The van der Waals surface area contributed by atoms with E-state index < -0.39 is 6.04 Å². The van der Waals surface area contributed by atoms with Gasteiger partial charge in [0.1, 0.15) is 11.7 Å². The van der Waals surface area contributed by atoms with Gasteiger partial charge in [-0.15, -0.1) is 0 Å². The second kappa shape index (κ2) is 7.26. The smallest absolute Gasteiger partial charge is 0.267 e. The second-order valence-electron chi connectivity index (χ2n) is 6.09. The minimum Gasteiger partial charge on any atom is -0.463 e. The summed E-state index contributed by atoms with van der Waals surface area (Å²) in [4.78, 5) is 26.7. The number of carbonyl (C=O) groups is 1. The van der Waals surface area contributed by atoms with Crippen LogP contribution in [0.5, 0.6) is 0 Å². The highest BCUT2D eigenvalue weighted by molar-refractivity contribution is 5.93. The van der Waals surface area contributed by atoms with E-state index in [1.807, 2.05) is 43.3 Å². The summed E-state index contributed by atoms with van der Waals surface area (Å²) in [5, 5.41) is 7.06. The Morgan fingerprint density at radius 1 is 1.15 bits per heavy atom. The lowest BCUT2D eigenvalue weighted by Crippen LogP contribution is -2.33. The highest BCUT2D eigenvalue weighted by Crippen LogP contribution is 2.18. The number of nitrogens with one attached hydrogen (secondary N) is 1. The number of aromatic nitrogens is 2. The van der Waals surface area contributed by atoms with Gasteiger partial charge in [-0.1, -0.05) is 0 Å². The van der Waals surface area contributed by atoms with Gasteiger partial charge < -0.3 is 14.6 Å². The summed E-state index contributed by atoms with van der Waals surface area (Å²) in [6, 6.07) is 13.1. The fourth-order valence-electron chi connectivity index (χ4n) is 2.46. The molecule has 0 fully saturated rings. The number of hydrogen-bond donors (Lipinski definition) is 1. The Kier molecular flexibility index (Phi) is 4.88. The third-order valence-electron chi connectivity index (χ3n) is 4.00. The van der Waals surface area contributed by atoms with Gasteiger partial charge in [0.15, 0.2) is 5.76 Å². The third kappa shape index (κ3) is 3.66. The molecule has 1 aromatic carbocycles. The van der Waals surface area contributed by atoms with Crippen molar-refractivity contribution in [3.05, 3.63) is 65.1 Å². The lowest BCUT2D eigenvalue weighted by atomic mass is 10.2. The number of amides is 1. The zero-order valence-electron chi connectivity index (χ0n) is 14.8. The van der Waals surface area contributed by atoms with E-state index in [0.29, 0.717) is 17.1 Å². The van der Waals surface area contributed by atoms with Crippen LogP contribution in [-0.2, 0) is 4.79 Å². The molecule has 26 heavy (non-hydrogen) atoms. The third-order valence-corrected chi connectivity index (χ3v) is 4.00. The quantitative estimate of drug-likeness (QED) is 0.764. The Hall–Kier alpha value is -3.35. The molecule has 0 saturated carbocycles. The molecule has 0 bridgehead atoms. The first kappa shape index (κ1) is 17.5. The predicted molar refractivity (Wildman–Crippen MR) is 100 cm³/mol. The Morgan fingerprint density at radius 3 is 2.50 bits per heavy atom. The first-order valence-corrected chi connectivity index (χ1v) is 8.17. The molecule has 0 aliphatic heterocycles. The van der Waals surface area contributed by atoms with Crippen molar-refractivity contribution in [1.29, 1.82) is 0 Å². The van der Waals surface area contributed by atoms with Crippen molar-refractivity contribution in [2.75, 3.05) is 24.3 Å². The number of rotatable bonds is 5. The molecule has 0 saturated heterocycles. The van der Waals surface area contributed by atoms with E-state index in [4.69, 9.17) is 4.42 Å². The van der Waals surface area contributed by atoms with Gasteiger partial charge in [0.2, 0.25) is 5.91 Å². The van der Waals surface area contributed by atoms with Gasteiger partial charge in [0, 0.05) is 31.5 Å². The second-order valence-corrected chi connectivity index (χ2v) is 6.09. The number of benzene rings is 1. The topological polar surface area (TPSA) is 80.4 Å². The molecule has 1 atom stereocenters. The van der Waals surface area contributed by atoms with Crippen LogP contribution in [0.25, 0.3) is 11.5 Å². The van der Waals surface area contributed by atoms with Crippen LogP contribution in [0.15, 0.2) is 64.0 Å². The summed E-state index contributed by atoms with van der Waals surface area (Å²) in [6.45, 7) is 1.63. The molecule has 1 amide bonds. The molecule has 3 rings (SSSR count). The van der Waals surface area contributed by atoms with E-state index in [2.05, 4.69) is 10.4 Å². The summed E-state index contributed by atoms with van der Waals surface area (Å²) in [5.74, 6) is 0.208. The van der Waals surface area contributed by atoms with Gasteiger partial charge >= 0.3 is 0 Å². The van der Waals surface area contributed by atoms with Gasteiger partial charge in [-0.25, -0.2) is 4.68 Å². The van der Waals surface area contributed by atoms with Crippen LogP contribution in [0, 0.1) is 0 Å². The SMILES string of the molecule is CC(C(=O)Nc1ccc(N(C)C)cc1)n1nc(-c2ccco2)ccc1=O. The van der Waals surface area contributed by atoms with E-state index in [1.54, 1.807) is 25.1 Å². The largest absolute Gasteiger partial charge is 0.463 e. The fourth-order valence-corrected chi connectivity index (χ4v) is 2.46. The molecule has 2 heterocycles. The number of furan rings is 1. The minimum absolute atomic E-state index is 0.325. The molecular formula is C19H20N4O3. The van der Waals surface area contributed by atoms with Crippen molar-refractivity contribution < 1.29 is 9.21 Å². The molecule has 1 N–H and O–H groups in total. The van der Waals surface area contributed by atoms with E-state index in [1.165, 1.54) is 12.3 Å². The maximum atomic E-state index is 12.5. The van der Waals surface area contributed by atoms with Gasteiger partial charge in [0.05, 0.1) is 6.26 Å². The lowest BCUT2D eigenvalue weighted by Gasteiger charge is -2.16. The van der Waals surface area contributed by atoms with Crippen LogP contribution < -0.4 is 15.8 Å². The Morgan fingerprint density at radius 2 is 1.88 bits per heavy atom. The molecule has 2 aromatic heterocycles. The molecule has 134 valence electrons. The molecule has 0 aliphatic carbocycles. The molecule has 3 aromatic rings. The van der Waals surface area contributed by atoms with Crippen molar-refractivity contribution in [2.24, 2.45) is 0 Å². The predicted octanol–water partition coefficient (Wildman–Crippen LogP) is 2.77. The summed E-state index contributed by atoms with van der Waals surface area (Å²) in [6.07, 6.45) is 1.53. The van der Waals surface area contributed by atoms with E-state index in [9.17, 15) is 9.59 Å². The molecule has 7 nitrogen and oxygen atoms in total. The Bertz CT molecular complexity index is 944. The highest BCUT2D eigenvalue weighted by Gasteiger charge is 2.18. The van der Waals surface area contributed by atoms with Gasteiger partial charge in [-0.05, 0) is 49.4 Å². The zero-order valence-corrected chi connectivity index (χ0v) is 14.8.